The summed E-state index contributed by atoms with van der Waals surface area (Å²) in [6, 6.07) is 11.1. The minimum atomic E-state index is 0.0365. The van der Waals surface area contributed by atoms with Crippen LogP contribution in [0.25, 0.3) is 16.6 Å². The average molecular weight is 457 g/mol. The zero-order chi connectivity index (χ0) is 23.2. The normalized spacial score (nSPS) is 24.2. The van der Waals surface area contributed by atoms with E-state index in [4.69, 9.17) is 4.74 Å². The summed E-state index contributed by atoms with van der Waals surface area (Å²) in [5.41, 5.74) is 2.97. The molecule has 8 nitrogen and oxygen atoms in total. The lowest BCUT2D eigenvalue weighted by atomic mass is 9.92. The number of hydrogen-bond acceptors (Lipinski definition) is 6. The van der Waals surface area contributed by atoms with Crippen molar-refractivity contribution in [2.45, 2.75) is 50.6 Å². The fourth-order valence-corrected chi connectivity index (χ4v) is 5.51. The Morgan fingerprint density at radius 2 is 2.00 bits per heavy atom. The number of hydrogen-bond donors (Lipinski definition) is 1. The summed E-state index contributed by atoms with van der Waals surface area (Å²) in [5.74, 6) is 1.94. The van der Waals surface area contributed by atoms with Crippen LogP contribution in [0.4, 0.5) is 5.82 Å². The Hall–Kier alpha value is -3.44. The second kappa shape index (κ2) is 8.41. The number of amides is 1. The van der Waals surface area contributed by atoms with E-state index >= 15 is 0 Å². The molecule has 2 saturated heterocycles. The highest BCUT2D eigenvalue weighted by Crippen LogP contribution is 2.38. The molecule has 0 unspecified atom stereocenters. The molecule has 6 rings (SSSR count). The fourth-order valence-electron chi connectivity index (χ4n) is 5.51. The van der Waals surface area contributed by atoms with E-state index in [1.165, 1.54) is 25.7 Å². The number of nitrogens with zero attached hydrogens (tertiary/aromatic N) is 5. The first kappa shape index (κ1) is 21.1. The summed E-state index contributed by atoms with van der Waals surface area (Å²) in [5, 5.41) is 16.8. The number of carbonyl (C=O) groups excluding carboxylic acids is 1. The van der Waals surface area contributed by atoms with Crippen LogP contribution in [-0.4, -0.2) is 51.1 Å². The fraction of sp³-hybridized carbons (Fsp3) is 0.462. The highest BCUT2D eigenvalue weighted by Gasteiger charge is 2.38. The van der Waals surface area contributed by atoms with Gasteiger partial charge in [-0.2, -0.15) is 10.4 Å². The SMILES string of the molecule is CN1[C@@H]2CC[C@H]1C[C@@H](COc1cnc(C#N)cc1-c1ccn3nc(NC(=O)C4CC4)cc3c1)C2. The molecule has 1 aliphatic carbocycles. The van der Waals surface area contributed by atoms with Gasteiger partial charge >= 0.3 is 0 Å². The third-order valence-corrected chi connectivity index (χ3v) is 7.63. The molecule has 3 atom stereocenters. The van der Waals surface area contributed by atoms with Crippen molar-refractivity contribution in [2.75, 3.05) is 19.0 Å². The molecule has 1 amide bonds. The molecule has 3 aliphatic rings. The van der Waals surface area contributed by atoms with Gasteiger partial charge in [-0.3, -0.25) is 4.79 Å². The van der Waals surface area contributed by atoms with E-state index in [2.05, 4.69) is 33.4 Å². The topological polar surface area (TPSA) is 95.6 Å². The van der Waals surface area contributed by atoms with E-state index in [0.717, 1.165) is 29.5 Å². The molecule has 3 aromatic heterocycles. The molecule has 174 valence electrons. The van der Waals surface area contributed by atoms with Gasteiger partial charge in [0.2, 0.25) is 5.91 Å². The van der Waals surface area contributed by atoms with Crippen molar-refractivity contribution in [1.29, 1.82) is 5.26 Å². The van der Waals surface area contributed by atoms with Crippen molar-refractivity contribution < 1.29 is 9.53 Å². The maximum atomic E-state index is 12.1. The lowest BCUT2D eigenvalue weighted by Crippen LogP contribution is -2.41. The van der Waals surface area contributed by atoms with Crippen molar-refractivity contribution in [1.82, 2.24) is 19.5 Å². The Balaban J connectivity index is 1.24. The van der Waals surface area contributed by atoms with Gasteiger partial charge in [-0.25, -0.2) is 9.50 Å². The summed E-state index contributed by atoms with van der Waals surface area (Å²) in [6.45, 7) is 0.660. The van der Waals surface area contributed by atoms with Crippen molar-refractivity contribution in [3.63, 3.8) is 0 Å². The van der Waals surface area contributed by atoms with Crippen LogP contribution in [0.5, 0.6) is 5.75 Å². The van der Waals surface area contributed by atoms with Crippen LogP contribution in [0.15, 0.2) is 36.7 Å². The minimum Gasteiger partial charge on any atom is -0.491 e. The second-order valence-electron chi connectivity index (χ2n) is 9.95. The molecule has 2 aliphatic heterocycles. The standard InChI is InChI=1S/C26H28N6O2/c1-31-20-4-5-21(31)9-16(8-20)15-34-24-14-28-19(13-27)11-23(24)18-6-7-32-22(10-18)12-25(30-32)29-26(33)17-2-3-17/h6-7,10-12,14,16-17,20-21H,2-5,8-9,15H2,1H3,(H,29,30,33)/t16-,20+,21-. The number of nitrogens with one attached hydrogen (secondary N) is 1. The van der Waals surface area contributed by atoms with Crippen LogP contribution >= 0.6 is 0 Å². The van der Waals surface area contributed by atoms with Crippen LogP contribution < -0.4 is 10.1 Å². The molecule has 8 heteroatoms. The van der Waals surface area contributed by atoms with Gasteiger partial charge in [-0.05, 0) is 75.3 Å². The van der Waals surface area contributed by atoms with E-state index < -0.39 is 0 Å². The van der Waals surface area contributed by atoms with Crippen molar-refractivity contribution in [3.8, 4) is 22.9 Å². The lowest BCUT2D eigenvalue weighted by molar-refractivity contribution is -0.117. The van der Waals surface area contributed by atoms with Crippen LogP contribution in [0, 0.1) is 23.2 Å². The highest BCUT2D eigenvalue weighted by atomic mass is 16.5. The number of anilines is 1. The van der Waals surface area contributed by atoms with Gasteiger partial charge in [0.25, 0.3) is 0 Å². The molecule has 34 heavy (non-hydrogen) atoms. The summed E-state index contributed by atoms with van der Waals surface area (Å²) < 4.78 is 8.07. The van der Waals surface area contributed by atoms with Gasteiger partial charge < -0.3 is 15.0 Å². The molecule has 3 aromatic rings. The predicted molar refractivity (Wildman–Crippen MR) is 127 cm³/mol. The number of aromatic nitrogens is 3. The van der Waals surface area contributed by atoms with Gasteiger partial charge in [0.1, 0.15) is 17.5 Å². The Morgan fingerprint density at radius 3 is 2.74 bits per heavy atom. The van der Waals surface area contributed by atoms with Crippen molar-refractivity contribution in [3.05, 3.63) is 42.4 Å². The largest absolute Gasteiger partial charge is 0.491 e. The first-order valence-electron chi connectivity index (χ1n) is 12.1. The Kier molecular flexibility index (Phi) is 5.22. The molecular formula is C26H28N6O2. The summed E-state index contributed by atoms with van der Waals surface area (Å²) >= 11 is 0. The first-order valence-corrected chi connectivity index (χ1v) is 12.1. The minimum absolute atomic E-state index is 0.0365. The third-order valence-electron chi connectivity index (χ3n) is 7.63. The maximum Gasteiger partial charge on any atom is 0.228 e. The van der Waals surface area contributed by atoms with Crippen molar-refractivity contribution >= 4 is 17.2 Å². The number of nitriles is 1. The highest BCUT2D eigenvalue weighted by molar-refractivity contribution is 5.93. The number of pyridine rings is 2. The Labute approximate surface area is 198 Å². The first-order chi connectivity index (χ1) is 16.6. The van der Waals surface area contributed by atoms with Gasteiger partial charge in [-0.15, -0.1) is 0 Å². The molecule has 5 heterocycles. The number of ether oxygens (including phenoxy) is 1. The summed E-state index contributed by atoms with van der Waals surface area (Å²) in [6.07, 6.45) is 10.3. The maximum absolute atomic E-state index is 12.1. The molecule has 1 saturated carbocycles. The van der Waals surface area contributed by atoms with Crippen LogP contribution in [-0.2, 0) is 4.79 Å². The monoisotopic (exact) mass is 456 g/mol. The number of rotatable bonds is 6. The molecule has 0 aromatic carbocycles. The number of piperidine rings is 1. The Morgan fingerprint density at radius 1 is 1.21 bits per heavy atom. The van der Waals surface area contributed by atoms with E-state index in [-0.39, 0.29) is 11.8 Å². The van der Waals surface area contributed by atoms with Crippen LogP contribution in [0.2, 0.25) is 0 Å². The molecule has 0 radical (unpaired) electrons. The zero-order valence-electron chi connectivity index (χ0n) is 19.3. The quantitative estimate of drug-likeness (QED) is 0.605. The van der Waals surface area contributed by atoms with Crippen LogP contribution in [0.1, 0.15) is 44.2 Å². The molecule has 0 spiro atoms. The van der Waals surface area contributed by atoms with E-state index in [0.29, 0.717) is 41.9 Å². The third kappa shape index (κ3) is 4.01. The van der Waals surface area contributed by atoms with E-state index in [1.54, 1.807) is 16.8 Å². The molecule has 3 fully saturated rings. The molecule has 1 N–H and O–H groups in total. The Bertz CT molecular complexity index is 1280. The number of carbonyl (C=O) groups is 1. The van der Waals surface area contributed by atoms with E-state index in [1.807, 2.05) is 24.4 Å². The predicted octanol–water partition coefficient (Wildman–Crippen LogP) is 3.87. The lowest BCUT2D eigenvalue weighted by Gasteiger charge is -2.36. The van der Waals surface area contributed by atoms with E-state index in [9.17, 15) is 10.1 Å². The van der Waals surface area contributed by atoms with Crippen molar-refractivity contribution in [2.24, 2.45) is 11.8 Å². The van der Waals surface area contributed by atoms with Gasteiger partial charge in [-0.1, -0.05) is 0 Å². The van der Waals surface area contributed by atoms with Gasteiger partial charge in [0, 0.05) is 35.8 Å². The molecule has 2 bridgehead atoms. The smallest absolute Gasteiger partial charge is 0.228 e. The number of fused-ring (bicyclic) bond motifs is 3. The average Bonchev–Trinajstić information content (AvgIpc) is 3.59. The van der Waals surface area contributed by atoms with Gasteiger partial charge in [0.05, 0.1) is 18.3 Å². The van der Waals surface area contributed by atoms with Gasteiger partial charge in [0.15, 0.2) is 5.82 Å². The second-order valence-corrected chi connectivity index (χ2v) is 9.95. The summed E-state index contributed by atoms with van der Waals surface area (Å²) in [4.78, 5) is 18.9. The summed E-state index contributed by atoms with van der Waals surface area (Å²) in [7, 11) is 2.25. The van der Waals surface area contributed by atoms with Crippen LogP contribution in [0.3, 0.4) is 0 Å². The molecular weight excluding hydrogens is 428 g/mol. The zero-order valence-corrected chi connectivity index (χ0v) is 19.3.